The van der Waals surface area contributed by atoms with Crippen molar-refractivity contribution in [3.05, 3.63) is 75.0 Å². The Hall–Kier alpha value is -3.30. The molecule has 1 saturated carbocycles. The lowest BCUT2D eigenvalue weighted by molar-refractivity contribution is -0.133. The number of nitrogens with one attached hydrogen (secondary N) is 2. The predicted molar refractivity (Wildman–Crippen MR) is 168 cm³/mol. The lowest BCUT2D eigenvalue weighted by atomic mass is 9.69. The highest BCUT2D eigenvalue weighted by molar-refractivity contribution is 6.47. The van der Waals surface area contributed by atoms with Gasteiger partial charge >= 0.3 is 0 Å². The third-order valence-corrected chi connectivity index (χ3v) is 9.27. The molecule has 0 radical (unpaired) electrons. The van der Waals surface area contributed by atoms with Gasteiger partial charge < -0.3 is 10.2 Å². The van der Waals surface area contributed by atoms with Gasteiger partial charge in [0.2, 0.25) is 0 Å². The molecule has 1 aromatic heterocycles. The minimum absolute atomic E-state index is 0.101. The van der Waals surface area contributed by atoms with E-state index >= 15 is 0 Å². The van der Waals surface area contributed by atoms with Gasteiger partial charge in [-0.1, -0.05) is 81.1 Å². The molecule has 0 saturated heterocycles. The Morgan fingerprint density at radius 3 is 2.37 bits per heavy atom. The molecule has 0 bridgehead atoms. The molecule has 2 heterocycles. The van der Waals surface area contributed by atoms with Gasteiger partial charge in [-0.15, -0.1) is 10.2 Å². The molecular formula is C32H39Cl2N7O2. The number of H-pyrrole nitrogens is 1. The van der Waals surface area contributed by atoms with Crippen molar-refractivity contribution in [1.82, 2.24) is 30.8 Å². The van der Waals surface area contributed by atoms with E-state index in [2.05, 4.69) is 53.6 Å². The molecule has 2 N–H and O–H groups in total. The first-order chi connectivity index (χ1) is 20.5. The standard InChI is InChI=1S/C32H39Cl2N7O2/c1-5-6-7-26(20-8-10-21(11-9-20)29(42)35-19-27-37-39-40-38-27)41-30(43)28(22-16-24(33)18-25(34)17-22)36-32(41)14-12-23(13-15-32)31(2,3)4/h8-11,16-18,23,26H,5-7,12-15,19H2,1-4H3,(H,35,42)(H,37,38,39,40). The van der Waals surface area contributed by atoms with Gasteiger partial charge in [0.1, 0.15) is 11.4 Å². The molecule has 2 amide bonds. The summed E-state index contributed by atoms with van der Waals surface area (Å²) in [6.07, 6.45) is 6.28. The zero-order valence-electron chi connectivity index (χ0n) is 25.2. The van der Waals surface area contributed by atoms with E-state index in [1.54, 1.807) is 18.2 Å². The van der Waals surface area contributed by atoms with Crippen LogP contribution in [-0.4, -0.2) is 48.7 Å². The largest absolute Gasteiger partial charge is 0.345 e. The average molecular weight is 625 g/mol. The summed E-state index contributed by atoms with van der Waals surface area (Å²) in [4.78, 5) is 34.6. The van der Waals surface area contributed by atoms with Crippen LogP contribution < -0.4 is 5.32 Å². The Bertz CT molecular complexity index is 1450. The summed E-state index contributed by atoms with van der Waals surface area (Å²) in [6, 6.07) is 12.5. The molecule has 43 heavy (non-hydrogen) atoms. The molecule has 1 atom stereocenters. The third kappa shape index (κ3) is 6.78. The summed E-state index contributed by atoms with van der Waals surface area (Å²) in [5, 5.41) is 17.4. The third-order valence-electron chi connectivity index (χ3n) is 8.83. The van der Waals surface area contributed by atoms with Crippen molar-refractivity contribution in [3.63, 3.8) is 0 Å². The van der Waals surface area contributed by atoms with E-state index in [0.717, 1.165) is 50.5 Å². The first kappa shape index (κ1) is 31.1. The molecule has 1 spiro atoms. The van der Waals surface area contributed by atoms with Gasteiger partial charge in [-0.2, -0.15) is 5.21 Å². The number of unbranched alkanes of at least 4 members (excludes halogenated alkanes) is 1. The van der Waals surface area contributed by atoms with Gasteiger partial charge in [0.25, 0.3) is 11.8 Å². The molecule has 11 heteroatoms. The fraction of sp³-hybridized carbons (Fsp3) is 0.500. The topological polar surface area (TPSA) is 116 Å². The van der Waals surface area contributed by atoms with Crippen molar-refractivity contribution in [2.24, 2.45) is 16.3 Å². The number of aromatic amines is 1. The zero-order chi connectivity index (χ0) is 30.8. The number of rotatable bonds is 9. The second-order valence-electron chi connectivity index (χ2n) is 12.7. The number of benzene rings is 2. The highest BCUT2D eigenvalue weighted by atomic mass is 35.5. The Balaban J connectivity index is 1.48. The average Bonchev–Trinajstić information content (AvgIpc) is 3.58. The molecule has 2 aromatic carbocycles. The highest BCUT2D eigenvalue weighted by Gasteiger charge is 2.52. The van der Waals surface area contributed by atoms with E-state index in [0.29, 0.717) is 38.6 Å². The van der Waals surface area contributed by atoms with Crippen LogP contribution >= 0.6 is 23.2 Å². The number of halogens is 2. The van der Waals surface area contributed by atoms with Crippen LogP contribution in [-0.2, 0) is 11.3 Å². The number of amides is 2. The molecule has 228 valence electrons. The molecule has 3 aromatic rings. The first-order valence-electron chi connectivity index (χ1n) is 15.0. The Kier molecular flexibility index (Phi) is 9.23. The quantitative estimate of drug-likeness (QED) is 0.268. The van der Waals surface area contributed by atoms with Crippen LogP contribution in [0.4, 0.5) is 0 Å². The van der Waals surface area contributed by atoms with Crippen LogP contribution in [0.2, 0.25) is 10.0 Å². The maximum absolute atomic E-state index is 14.5. The van der Waals surface area contributed by atoms with Gasteiger partial charge in [-0.25, -0.2) is 0 Å². The van der Waals surface area contributed by atoms with Crippen LogP contribution in [0.5, 0.6) is 0 Å². The molecule has 1 fully saturated rings. The number of carbonyl (C=O) groups excluding carboxylic acids is 2. The van der Waals surface area contributed by atoms with Crippen LogP contribution in [0.15, 0.2) is 47.5 Å². The number of tetrazole rings is 1. The van der Waals surface area contributed by atoms with E-state index in [-0.39, 0.29) is 29.8 Å². The molecule has 1 aliphatic carbocycles. The zero-order valence-corrected chi connectivity index (χ0v) is 26.7. The van der Waals surface area contributed by atoms with Gasteiger partial charge in [0.05, 0.1) is 12.6 Å². The van der Waals surface area contributed by atoms with Crippen LogP contribution in [0.25, 0.3) is 0 Å². The van der Waals surface area contributed by atoms with Crippen molar-refractivity contribution in [2.45, 2.75) is 90.9 Å². The van der Waals surface area contributed by atoms with Crippen molar-refractivity contribution in [2.75, 3.05) is 0 Å². The van der Waals surface area contributed by atoms with Crippen molar-refractivity contribution < 1.29 is 9.59 Å². The number of nitrogens with zero attached hydrogens (tertiary/aromatic N) is 5. The summed E-state index contributed by atoms with van der Waals surface area (Å²) in [6.45, 7) is 9.20. The lowest BCUT2D eigenvalue weighted by Crippen LogP contribution is -2.51. The second kappa shape index (κ2) is 12.7. The van der Waals surface area contributed by atoms with E-state index < -0.39 is 5.66 Å². The van der Waals surface area contributed by atoms with E-state index in [4.69, 9.17) is 28.2 Å². The number of hydrogen-bond donors (Lipinski definition) is 2. The summed E-state index contributed by atoms with van der Waals surface area (Å²) >= 11 is 12.7. The minimum atomic E-state index is -0.651. The van der Waals surface area contributed by atoms with Crippen molar-refractivity contribution in [3.8, 4) is 0 Å². The maximum Gasteiger partial charge on any atom is 0.275 e. The normalized spacial score (nSPS) is 21.3. The Morgan fingerprint density at radius 1 is 1.12 bits per heavy atom. The molecule has 1 aliphatic heterocycles. The summed E-state index contributed by atoms with van der Waals surface area (Å²) in [5.41, 5.74) is 2.09. The fourth-order valence-electron chi connectivity index (χ4n) is 6.44. The van der Waals surface area contributed by atoms with Gasteiger partial charge in [0.15, 0.2) is 5.82 Å². The number of hydrogen-bond acceptors (Lipinski definition) is 6. The van der Waals surface area contributed by atoms with Crippen molar-refractivity contribution >= 4 is 40.7 Å². The Morgan fingerprint density at radius 2 is 1.79 bits per heavy atom. The van der Waals surface area contributed by atoms with Crippen LogP contribution in [0.1, 0.15) is 106 Å². The highest BCUT2D eigenvalue weighted by Crippen LogP contribution is 2.50. The summed E-state index contributed by atoms with van der Waals surface area (Å²) in [7, 11) is 0. The summed E-state index contributed by atoms with van der Waals surface area (Å²) < 4.78 is 0. The van der Waals surface area contributed by atoms with E-state index in [1.165, 1.54) is 0 Å². The minimum Gasteiger partial charge on any atom is -0.345 e. The van der Waals surface area contributed by atoms with Gasteiger partial charge in [0, 0.05) is 21.2 Å². The molecule has 9 nitrogen and oxygen atoms in total. The van der Waals surface area contributed by atoms with Crippen LogP contribution in [0.3, 0.4) is 0 Å². The molecule has 2 aliphatic rings. The SMILES string of the molecule is CCCCC(c1ccc(C(=O)NCc2nn[nH]n2)cc1)N1C(=O)C(c2cc(Cl)cc(Cl)c2)=NC12CCC(C(C)(C)C)CC2. The second-order valence-corrected chi connectivity index (χ2v) is 13.6. The fourth-order valence-corrected chi connectivity index (χ4v) is 6.97. The Labute approximate surface area is 262 Å². The first-order valence-corrected chi connectivity index (χ1v) is 15.8. The van der Waals surface area contributed by atoms with Crippen molar-refractivity contribution in [1.29, 1.82) is 0 Å². The molecule has 5 rings (SSSR count). The maximum atomic E-state index is 14.5. The number of carbonyl (C=O) groups is 2. The smallest absolute Gasteiger partial charge is 0.275 e. The van der Waals surface area contributed by atoms with Gasteiger partial charge in [-0.05, 0) is 79.3 Å². The molecule has 1 unspecified atom stereocenters. The molecular weight excluding hydrogens is 585 g/mol. The van der Waals surface area contributed by atoms with Gasteiger partial charge in [-0.3, -0.25) is 14.6 Å². The number of aliphatic imine (C=N–C) groups is 1. The van der Waals surface area contributed by atoms with E-state index in [9.17, 15) is 9.59 Å². The summed E-state index contributed by atoms with van der Waals surface area (Å²) in [5.74, 6) is 0.615. The van der Waals surface area contributed by atoms with E-state index in [1.807, 2.05) is 29.2 Å². The predicted octanol–water partition coefficient (Wildman–Crippen LogP) is 6.93. The lowest BCUT2D eigenvalue weighted by Gasteiger charge is -2.47. The van der Waals surface area contributed by atoms with Crippen LogP contribution in [0, 0.1) is 11.3 Å². The number of aromatic nitrogens is 4. The monoisotopic (exact) mass is 623 g/mol.